The van der Waals surface area contributed by atoms with Crippen LogP contribution in [0.15, 0.2) is 24.3 Å². The molecule has 0 unspecified atom stereocenters. The molecule has 0 spiro atoms. The van der Waals surface area contributed by atoms with Gasteiger partial charge in [-0.2, -0.15) is 0 Å². The van der Waals surface area contributed by atoms with Gasteiger partial charge in [-0.1, -0.05) is 25.5 Å². The molecule has 0 radical (unpaired) electrons. The SMILES string of the molecule is CCCC(C)(C)NC(=O)COc1ccccc1N. The summed E-state index contributed by atoms with van der Waals surface area (Å²) in [5.41, 5.74) is 6.07. The zero-order valence-corrected chi connectivity index (χ0v) is 11.3. The summed E-state index contributed by atoms with van der Waals surface area (Å²) < 4.78 is 5.39. The molecule has 0 aromatic heterocycles. The highest BCUT2D eigenvalue weighted by molar-refractivity contribution is 5.78. The number of benzene rings is 1. The first-order valence-corrected chi connectivity index (χ1v) is 6.23. The van der Waals surface area contributed by atoms with Crippen LogP contribution in [0, 0.1) is 0 Å². The fourth-order valence-electron chi connectivity index (χ4n) is 1.86. The minimum atomic E-state index is -0.197. The number of rotatable bonds is 6. The molecule has 3 N–H and O–H groups in total. The van der Waals surface area contributed by atoms with Crippen LogP contribution in [-0.2, 0) is 4.79 Å². The summed E-state index contributed by atoms with van der Waals surface area (Å²) in [6.45, 7) is 6.09. The Morgan fingerprint density at radius 1 is 1.39 bits per heavy atom. The third kappa shape index (κ3) is 4.65. The van der Waals surface area contributed by atoms with E-state index in [0.29, 0.717) is 11.4 Å². The van der Waals surface area contributed by atoms with E-state index >= 15 is 0 Å². The number of amides is 1. The van der Waals surface area contributed by atoms with Gasteiger partial charge in [0.1, 0.15) is 5.75 Å². The van der Waals surface area contributed by atoms with E-state index in [1.54, 1.807) is 12.1 Å². The summed E-state index contributed by atoms with van der Waals surface area (Å²) in [6, 6.07) is 7.14. The van der Waals surface area contributed by atoms with Crippen molar-refractivity contribution in [3.05, 3.63) is 24.3 Å². The van der Waals surface area contributed by atoms with E-state index < -0.39 is 0 Å². The first-order valence-electron chi connectivity index (χ1n) is 6.23. The Bertz CT molecular complexity index is 403. The highest BCUT2D eigenvalue weighted by atomic mass is 16.5. The van der Waals surface area contributed by atoms with Crippen molar-refractivity contribution in [2.75, 3.05) is 12.3 Å². The highest BCUT2D eigenvalue weighted by Gasteiger charge is 2.19. The standard InChI is InChI=1S/C14H22N2O2/c1-4-9-14(2,3)16-13(17)10-18-12-8-6-5-7-11(12)15/h5-8H,4,9-10,15H2,1-3H3,(H,16,17). The van der Waals surface area contributed by atoms with Crippen LogP contribution in [0.1, 0.15) is 33.6 Å². The van der Waals surface area contributed by atoms with Gasteiger partial charge < -0.3 is 15.8 Å². The molecule has 0 aliphatic carbocycles. The van der Waals surface area contributed by atoms with Gasteiger partial charge in [0.05, 0.1) is 5.69 Å². The van der Waals surface area contributed by atoms with E-state index in [9.17, 15) is 4.79 Å². The molecular weight excluding hydrogens is 228 g/mol. The van der Waals surface area contributed by atoms with Crippen LogP contribution in [0.3, 0.4) is 0 Å². The lowest BCUT2D eigenvalue weighted by Gasteiger charge is -2.25. The minimum absolute atomic E-state index is 0.0125. The van der Waals surface area contributed by atoms with Crippen LogP contribution >= 0.6 is 0 Å². The molecule has 0 saturated carbocycles. The number of ether oxygens (including phenoxy) is 1. The maximum Gasteiger partial charge on any atom is 0.258 e. The number of carbonyl (C=O) groups excluding carboxylic acids is 1. The topological polar surface area (TPSA) is 64.3 Å². The van der Waals surface area contributed by atoms with E-state index in [2.05, 4.69) is 12.2 Å². The van der Waals surface area contributed by atoms with Crippen molar-refractivity contribution in [2.45, 2.75) is 39.2 Å². The normalized spacial score (nSPS) is 11.1. The van der Waals surface area contributed by atoms with Crippen LogP contribution in [0.5, 0.6) is 5.75 Å². The molecule has 18 heavy (non-hydrogen) atoms. The zero-order chi connectivity index (χ0) is 13.6. The average Bonchev–Trinajstić information content (AvgIpc) is 2.27. The third-order valence-electron chi connectivity index (χ3n) is 2.63. The Balaban J connectivity index is 2.45. The lowest BCUT2D eigenvalue weighted by Crippen LogP contribution is -2.45. The van der Waals surface area contributed by atoms with E-state index in [0.717, 1.165) is 12.8 Å². The van der Waals surface area contributed by atoms with Gasteiger partial charge in [-0.25, -0.2) is 0 Å². The average molecular weight is 250 g/mol. The van der Waals surface area contributed by atoms with E-state index in [1.807, 2.05) is 26.0 Å². The number of nitrogens with one attached hydrogen (secondary N) is 1. The Morgan fingerprint density at radius 2 is 2.06 bits per heavy atom. The summed E-state index contributed by atoms with van der Waals surface area (Å²) in [5.74, 6) is 0.414. The van der Waals surface area contributed by atoms with Gasteiger partial charge in [-0.3, -0.25) is 4.79 Å². The quantitative estimate of drug-likeness (QED) is 0.762. The molecule has 1 aromatic rings. The number of para-hydroxylation sites is 2. The van der Waals surface area contributed by atoms with Crippen molar-refractivity contribution >= 4 is 11.6 Å². The summed E-state index contributed by atoms with van der Waals surface area (Å²) in [6.07, 6.45) is 1.96. The molecule has 0 atom stereocenters. The molecule has 1 amide bonds. The Kier molecular flexibility index (Phi) is 5.01. The predicted octanol–water partition coefficient (Wildman–Crippen LogP) is 2.34. The van der Waals surface area contributed by atoms with Crippen molar-refractivity contribution in [1.82, 2.24) is 5.32 Å². The number of hydrogen-bond donors (Lipinski definition) is 2. The summed E-state index contributed by atoms with van der Waals surface area (Å²) in [4.78, 5) is 11.7. The molecule has 0 bridgehead atoms. The van der Waals surface area contributed by atoms with Gasteiger partial charge in [0, 0.05) is 5.54 Å². The first kappa shape index (κ1) is 14.4. The first-order chi connectivity index (χ1) is 8.44. The second-order valence-corrected chi connectivity index (χ2v) is 5.01. The van der Waals surface area contributed by atoms with Crippen molar-refractivity contribution in [2.24, 2.45) is 0 Å². The second kappa shape index (κ2) is 6.28. The molecule has 0 heterocycles. The maximum atomic E-state index is 11.7. The van der Waals surface area contributed by atoms with Crippen molar-refractivity contribution in [3.8, 4) is 5.75 Å². The molecular formula is C14H22N2O2. The van der Waals surface area contributed by atoms with E-state index in [-0.39, 0.29) is 18.1 Å². The number of nitrogen functional groups attached to an aromatic ring is 1. The second-order valence-electron chi connectivity index (χ2n) is 5.01. The minimum Gasteiger partial charge on any atom is -0.482 e. The highest BCUT2D eigenvalue weighted by Crippen LogP contribution is 2.19. The molecule has 0 fully saturated rings. The van der Waals surface area contributed by atoms with Crippen LogP contribution in [-0.4, -0.2) is 18.1 Å². The molecule has 1 aromatic carbocycles. The van der Waals surface area contributed by atoms with Crippen molar-refractivity contribution < 1.29 is 9.53 Å². The largest absolute Gasteiger partial charge is 0.482 e. The monoisotopic (exact) mass is 250 g/mol. The van der Waals surface area contributed by atoms with E-state index in [1.165, 1.54) is 0 Å². The Hall–Kier alpha value is -1.71. The maximum absolute atomic E-state index is 11.7. The number of carbonyl (C=O) groups is 1. The van der Waals surface area contributed by atoms with E-state index in [4.69, 9.17) is 10.5 Å². The molecule has 4 heteroatoms. The van der Waals surface area contributed by atoms with Gasteiger partial charge in [0.25, 0.3) is 5.91 Å². The summed E-state index contributed by atoms with van der Waals surface area (Å²) >= 11 is 0. The Morgan fingerprint density at radius 3 is 2.67 bits per heavy atom. The van der Waals surface area contributed by atoms with Crippen LogP contribution in [0.2, 0.25) is 0 Å². The fourth-order valence-corrected chi connectivity index (χ4v) is 1.86. The van der Waals surface area contributed by atoms with Gasteiger partial charge >= 0.3 is 0 Å². The van der Waals surface area contributed by atoms with Crippen LogP contribution < -0.4 is 15.8 Å². The predicted molar refractivity (Wildman–Crippen MR) is 73.5 cm³/mol. The van der Waals surface area contributed by atoms with Crippen LogP contribution in [0.4, 0.5) is 5.69 Å². The zero-order valence-electron chi connectivity index (χ0n) is 11.3. The van der Waals surface area contributed by atoms with Crippen LogP contribution in [0.25, 0.3) is 0 Å². The fraction of sp³-hybridized carbons (Fsp3) is 0.500. The molecule has 0 saturated heterocycles. The lowest BCUT2D eigenvalue weighted by atomic mass is 9.99. The summed E-state index contributed by atoms with van der Waals surface area (Å²) in [7, 11) is 0. The molecule has 4 nitrogen and oxygen atoms in total. The Labute approximate surface area is 109 Å². The molecule has 1 rings (SSSR count). The molecule has 100 valence electrons. The van der Waals surface area contributed by atoms with Gasteiger partial charge in [-0.05, 0) is 32.4 Å². The molecule has 0 aliphatic rings. The number of hydrogen-bond acceptors (Lipinski definition) is 3. The number of anilines is 1. The smallest absolute Gasteiger partial charge is 0.258 e. The van der Waals surface area contributed by atoms with Gasteiger partial charge in [-0.15, -0.1) is 0 Å². The number of nitrogens with two attached hydrogens (primary N) is 1. The summed E-state index contributed by atoms with van der Waals surface area (Å²) in [5, 5.41) is 2.94. The van der Waals surface area contributed by atoms with Crippen molar-refractivity contribution in [1.29, 1.82) is 0 Å². The van der Waals surface area contributed by atoms with Crippen molar-refractivity contribution in [3.63, 3.8) is 0 Å². The third-order valence-corrected chi connectivity index (χ3v) is 2.63. The lowest BCUT2D eigenvalue weighted by molar-refractivity contribution is -0.124. The van der Waals surface area contributed by atoms with Gasteiger partial charge in [0.15, 0.2) is 6.61 Å². The molecule has 0 aliphatic heterocycles. The van der Waals surface area contributed by atoms with Gasteiger partial charge in [0.2, 0.25) is 0 Å².